The first-order valence-corrected chi connectivity index (χ1v) is 8.22. The molecule has 25 heavy (non-hydrogen) atoms. The van der Waals surface area contributed by atoms with Crippen molar-refractivity contribution in [1.29, 1.82) is 0 Å². The molecule has 2 aromatic heterocycles. The Hall–Kier alpha value is -2.94. The number of ether oxygens (including phenoxy) is 1. The van der Waals surface area contributed by atoms with Gasteiger partial charge in [0.1, 0.15) is 11.3 Å². The van der Waals surface area contributed by atoms with Crippen LogP contribution in [0.25, 0.3) is 5.69 Å². The van der Waals surface area contributed by atoms with Crippen LogP contribution in [0.4, 0.5) is 5.82 Å². The third-order valence-electron chi connectivity index (χ3n) is 3.32. The van der Waals surface area contributed by atoms with Crippen molar-refractivity contribution in [3.05, 3.63) is 58.5 Å². The molecule has 0 saturated carbocycles. The predicted octanol–water partition coefficient (Wildman–Crippen LogP) is 2.79. The third kappa shape index (κ3) is 3.45. The van der Waals surface area contributed by atoms with Crippen LogP contribution in [0.1, 0.15) is 27.8 Å². The molecule has 0 aliphatic heterocycles. The highest BCUT2D eigenvalue weighted by atomic mass is 79.9. The lowest BCUT2D eigenvalue weighted by Gasteiger charge is -2.10. The van der Waals surface area contributed by atoms with Gasteiger partial charge in [-0.05, 0) is 35.0 Å². The fourth-order valence-corrected chi connectivity index (χ4v) is 2.56. The lowest BCUT2D eigenvalue weighted by molar-refractivity contribution is 0.0527. The van der Waals surface area contributed by atoms with Crippen LogP contribution in [-0.4, -0.2) is 38.5 Å². The van der Waals surface area contributed by atoms with E-state index in [9.17, 15) is 9.59 Å². The van der Waals surface area contributed by atoms with E-state index in [0.29, 0.717) is 10.2 Å². The number of benzene rings is 1. The summed E-state index contributed by atoms with van der Waals surface area (Å²) in [6.07, 6.45) is 2.83. The number of para-hydroxylation sites is 1. The topological polar surface area (TPSA) is 102 Å². The highest BCUT2D eigenvalue weighted by molar-refractivity contribution is 9.10. The van der Waals surface area contributed by atoms with Crippen molar-refractivity contribution < 1.29 is 14.3 Å². The lowest BCUT2D eigenvalue weighted by Crippen LogP contribution is -2.18. The van der Waals surface area contributed by atoms with Crippen molar-refractivity contribution >= 4 is 33.6 Å². The molecule has 0 aliphatic carbocycles. The Morgan fingerprint density at radius 2 is 2.04 bits per heavy atom. The van der Waals surface area contributed by atoms with E-state index in [1.165, 1.54) is 17.1 Å². The Morgan fingerprint density at radius 3 is 2.68 bits per heavy atom. The van der Waals surface area contributed by atoms with Crippen LogP contribution < -0.4 is 5.32 Å². The molecule has 9 heteroatoms. The first-order chi connectivity index (χ1) is 12.1. The fraction of sp³-hybridized carbons (Fsp3) is 0.125. The molecule has 1 aromatic carbocycles. The van der Waals surface area contributed by atoms with E-state index in [0.717, 1.165) is 0 Å². The number of amides is 1. The summed E-state index contributed by atoms with van der Waals surface area (Å²) in [7, 11) is 0. The van der Waals surface area contributed by atoms with E-state index >= 15 is 0 Å². The number of esters is 1. The molecule has 0 radical (unpaired) electrons. The number of aromatic nitrogens is 4. The smallest absolute Gasteiger partial charge is 0.343 e. The van der Waals surface area contributed by atoms with E-state index in [1.54, 1.807) is 6.92 Å². The Bertz CT molecular complexity index is 904. The maximum absolute atomic E-state index is 12.5. The predicted molar refractivity (Wildman–Crippen MR) is 93.8 cm³/mol. The Labute approximate surface area is 151 Å². The highest BCUT2D eigenvalue weighted by Crippen LogP contribution is 2.23. The van der Waals surface area contributed by atoms with Crippen LogP contribution in [0.2, 0.25) is 0 Å². The summed E-state index contributed by atoms with van der Waals surface area (Å²) in [4.78, 5) is 24.7. The molecule has 2 N–H and O–H groups in total. The van der Waals surface area contributed by atoms with E-state index in [4.69, 9.17) is 4.74 Å². The zero-order valence-corrected chi connectivity index (χ0v) is 14.8. The summed E-state index contributed by atoms with van der Waals surface area (Å²) in [5.41, 5.74) is 1.09. The SMILES string of the molecule is CCOC(=O)c1cnn(-c2ccccc2)c1NC(=O)c1[nH]ncc1Br. The van der Waals surface area contributed by atoms with Gasteiger partial charge in [0.25, 0.3) is 5.91 Å². The molecular weight excluding hydrogens is 390 g/mol. The van der Waals surface area contributed by atoms with E-state index in [-0.39, 0.29) is 23.7 Å². The number of aromatic amines is 1. The molecule has 0 fully saturated rings. The van der Waals surface area contributed by atoms with Crippen molar-refractivity contribution in [2.24, 2.45) is 0 Å². The molecule has 3 rings (SSSR count). The zero-order chi connectivity index (χ0) is 17.8. The van der Waals surface area contributed by atoms with E-state index < -0.39 is 11.9 Å². The average molecular weight is 404 g/mol. The van der Waals surface area contributed by atoms with Gasteiger partial charge in [0.05, 0.1) is 29.2 Å². The summed E-state index contributed by atoms with van der Waals surface area (Å²) >= 11 is 3.24. The fourth-order valence-electron chi connectivity index (χ4n) is 2.19. The second-order valence-corrected chi connectivity index (χ2v) is 5.78. The van der Waals surface area contributed by atoms with Gasteiger partial charge in [0, 0.05) is 0 Å². The zero-order valence-electron chi connectivity index (χ0n) is 13.2. The third-order valence-corrected chi connectivity index (χ3v) is 3.92. The first kappa shape index (κ1) is 16.9. The van der Waals surface area contributed by atoms with Gasteiger partial charge >= 0.3 is 5.97 Å². The Kier molecular flexibility index (Phi) is 4.94. The number of halogens is 1. The minimum atomic E-state index is -0.566. The van der Waals surface area contributed by atoms with E-state index in [1.807, 2.05) is 30.3 Å². The van der Waals surface area contributed by atoms with Crippen LogP contribution in [0.15, 0.2) is 47.2 Å². The molecule has 0 aliphatic rings. The molecule has 3 aromatic rings. The molecule has 128 valence electrons. The maximum atomic E-state index is 12.5. The van der Waals surface area contributed by atoms with Gasteiger partial charge in [-0.1, -0.05) is 18.2 Å². The normalized spacial score (nSPS) is 10.5. The summed E-state index contributed by atoms with van der Waals surface area (Å²) in [6, 6.07) is 9.14. The van der Waals surface area contributed by atoms with Crippen LogP contribution in [-0.2, 0) is 4.74 Å². The van der Waals surface area contributed by atoms with Crippen molar-refractivity contribution in [2.45, 2.75) is 6.92 Å². The van der Waals surface area contributed by atoms with Crippen LogP contribution in [0.5, 0.6) is 0 Å². The largest absolute Gasteiger partial charge is 0.462 e. The molecule has 0 saturated heterocycles. The van der Waals surface area contributed by atoms with Crippen molar-refractivity contribution in [3.63, 3.8) is 0 Å². The van der Waals surface area contributed by atoms with Gasteiger partial charge in [-0.2, -0.15) is 10.2 Å². The number of carbonyl (C=O) groups is 2. The molecule has 0 atom stereocenters. The highest BCUT2D eigenvalue weighted by Gasteiger charge is 2.23. The monoisotopic (exact) mass is 403 g/mol. The second kappa shape index (κ2) is 7.31. The van der Waals surface area contributed by atoms with Crippen molar-refractivity contribution in [3.8, 4) is 5.69 Å². The van der Waals surface area contributed by atoms with Crippen LogP contribution in [0.3, 0.4) is 0 Å². The number of nitrogens with one attached hydrogen (secondary N) is 2. The van der Waals surface area contributed by atoms with Gasteiger partial charge in [0.15, 0.2) is 5.82 Å². The molecule has 1 amide bonds. The van der Waals surface area contributed by atoms with Gasteiger partial charge in [-0.3, -0.25) is 9.89 Å². The Balaban J connectivity index is 2.02. The lowest BCUT2D eigenvalue weighted by atomic mass is 10.3. The van der Waals surface area contributed by atoms with Crippen molar-refractivity contribution in [2.75, 3.05) is 11.9 Å². The first-order valence-electron chi connectivity index (χ1n) is 7.42. The maximum Gasteiger partial charge on any atom is 0.343 e. The summed E-state index contributed by atoms with van der Waals surface area (Å²) in [5, 5.41) is 13.3. The summed E-state index contributed by atoms with van der Waals surface area (Å²) < 4.78 is 7.02. The van der Waals surface area contributed by atoms with Gasteiger partial charge in [-0.15, -0.1) is 0 Å². The number of rotatable bonds is 5. The van der Waals surface area contributed by atoms with Gasteiger partial charge in [-0.25, -0.2) is 9.48 Å². The summed E-state index contributed by atoms with van der Waals surface area (Å²) in [6.45, 7) is 1.92. The summed E-state index contributed by atoms with van der Waals surface area (Å²) in [5.74, 6) is -0.813. The van der Waals surface area contributed by atoms with Gasteiger partial charge in [0.2, 0.25) is 0 Å². The number of hydrogen-bond acceptors (Lipinski definition) is 5. The van der Waals surface area contributed by atoms with Crippen LogP contribution >= 0.6 is 15.9 Å². The minimum Gasteiger partial charge on any atom is -0.462 e. The molecule has 0 spiro atoms. The van der Waals surface area contributed by atoms with E-state index in [2.05, 4.69) is 36.5 Å². The molecule has 0 unspecified atom stereocenters. The Morgan fingerprint density at radius 1 is 1.28 bits per heavy atom. The molecule has 8 nitrogen and oxygen atoms in total. The van der Waals surface area contributed by atoms with Crippen LogP contribution in [0, 0.1) is 0 Å². The average Bonchev–Trinajstić information content (AvgIpc) is 3.22. The minimum absolute atomic E-state index is 0.162. The quantitative estimate of drug-likeness (QED) is 0.637. The second-order valence-electron chi connectivity index (χ2n) is 4.92. The molecule has 0 bridgehead atoms. The van der Waals surface area contributed by atoms with Gasteiger partial charge < -0.3 is 10.1 Å². The number of anilines is 1. The molecular formula is C16H14BrN5O3. The molecule has 2 heterocycles. The standard InChI is InChI=1S/C16H14BrN5O3/c1-2-25-16(24)11-8-19-22(10-6-4-3-5-7-10)14(11)20-15(23)13-12(17)9-18-21-13/h3-9H,2H2,1H3,(H,18,21)(H,20,23). The number of nitrogens with zero attached hydrogens (tertiary/aromatic N) is 3. The number of carbonyl (C=O) groups excluding carboxylic acids is 2. The van der Waals surface area contributed by atoms with Crippen molar-refractivity contribution in [1.82, 2.24) is 20.0 Å². The number of H-pyrrole nitrogens is 1. The number of hydrogen-bond donors (Lipinski definition) is 2.